The molecule has 0 aliphatic carbocycles. The lowest BCUT2D eigenvalue weighted by molar-refractivity contribution is 0.739. The van der Waals surface area contributed by atoms with Gasteiger partial charge in [0.05, 0.1) is 6.04 Å². The van der Waals surface area contributed by atoms with Crippen LogP contribution < -0.4 is 5.32 Å². The molecule has 1 unspecified atom stereocenters. The Bertz CT molecular complexity index is 371. The van der Waals surface area contributed by atoms with Crippen LogP contribution in [0.3, 0.4) is 0 Å². The Morgan fingerprint density at radius 1 is 1.00 bits per heavy atom. The van der Waals surface area contributed by atoms with Gasteiger partial charge >= 0.3 is 0 Å². The summed E-state index contributed by atoms with van der Waals surface area (Å²) >= 11 is 0. The van der Waals surface area contributed by atoms with Crippen molar-refractivity contribution < 1.29 is 0 Å². The molecular formula is C15H21N. The maximum Gasteiger partial charge on any atom is 0.0695 e. The van der Waals surface area contributed by atoms with Crippen LogP contribution in [-0.2, 0) is 0 Å². The summed E-state index contributed by atoms with van der Waals surface area (Å²) in [5.74, 6) is 0. The van der Waals surface area contributed by atoms with Gasteiger partial charge in [-0.3, -0.25) is 0 Å². The van der Waals surface area contributed by atoms with E-state index in [1.54, 1.807) is 0 Å². The van der Waals surface area contributed by atoms with Crippen LogP contribution in [0.2, 0.25) is 0 Å². The lowest BCUT2D eigenvalue weighted by atomic mass is 10.0. The number of aryl methyl sites for hydroxylation is 1. The number of dihydropyridines is 1. The molecule has 1 nitrogen and oxygen atoms in total. The Balaban J connectivity index is 0.000000606. The first kappa shape index (κ1) is 12.6. The van der Waals surface area contributed by atoms with Gasteiger partial charge in [-0.25, -0.2) is 0 Å². The average Bonchev–Trinajstić information content (AvgIpc) is 2.34. The number of hydrogen-bond donors (Lipinski definition) is 1. The molecule has 0 aromatic heterocycles. The minimum absolute atomic E-state index is 0.333. The summed E-state index contributed by atoms with van der Waals surface area (Å²) < 4.78 is 0. The Hall–Kier alpha value is -1.50. The van der Waals surface area contributed by atoms with E-state index in [4.69, 9.17) is 0 Å². The van der Waals surface area contributed by atoms with Crippen LogP contribution in [0.5, 0.6) is 0 Å². The van der Waals surface area contributed by atoms with Gasteiger partial charge in [0.25, 0.3) is 0 Å². The lowest BCUT2D eigenvalue weighted by Crippen LogP contribution is -2.16. The van der Waals surface area contributed by atoms with Crippen molar-refractivity contribution in [3.63, 3.8) is 0 Å². The molecule has 0 amide bonds. The van der Waals surface area contributed by atoms with Gasteiger partial charge in [0.1, 0.15) is 0 Å². The minimum atomic E-state index is 0.333. The van der Waals surface area contributed by atoms with E-state index in [2.05, 4.69) is 61.8 Å². The van der Waals surface area contributed by atoms with Crippen LogP contribution in [0.4, 0.5) is 0 Å². The first-order chi connectivity index (χ1) is 7.75. The van der Waals surface area contributed by atoms with Crippen molar-refractivity contribution in [1.29, 1.82) is 0 Å². The minimum Gasteiger partial charge on any atom is -0.380 e. The molecule has 1 aliphatic rings. The van der Waals surface area contributed by atoms with Crippen molar-refractivity contribution in [1.82, 2.24) is 5.32 Å². The Kier molecular flexibility index (Phi) is 4.84. The van der Waals surface area contributed by atoms with Crippen LogP contribution in [0, 0.1) is 6.92 Å². The first-order valence-corrected chi connectivity index (χ1v) is 5.93. The third-order valence-corrected chi connectivity index (χ3v) is 2.48. The molecule has 1 aliphatic heterocycles. The van der Waals surface area contributed by atoms with Crippen LogP contribution >= 0.6 is 0 Å². The van der Waals surface area contributed by atoms with E-state index in [0.717, 1.165) is 0 Å². The molecule has 86 valence electrons. The molecule has 1 aromatic rings. The Morgan fingerprint density at radius 3 is 2.12 bits per heavy atom. The maximum absolute atomic E-state index is 3.36. The molecule has 1 N–H and O–H groups in total. The molecule has 0 radical (unpaired) electrons. The van der Waals surface area contributed by atoms with E-state index in [1.807, 2.05) is 13.8 Å². The molecule has 0 fully saturated rings. The van der Waals surface area contributed by atoms with Crippen molar-refractivity contribution >= 4 is 0 Å². The van der Waals surface area contributed by atoms with Crippen molar-refractivity contribution in [2.75, 3.05) is 0 Å². The predicted molar refractivity (Wildman–Crippen MR) is 71.3 cm³/mol. The van der Waals surface area contributed by atoms with Crippen LogP contribution in [0.25, 0.3) is 0 Å². The monoisotopic (exact) mass is 215 g/mol. The molecule has 1 heteroatoms. The zero-order chi connectivity index (χ0) is 12.0. The van der Waals surface area contributed by atoms with Gasteiger partial charge in [-0.05, 0) is 25.0 Å². The summed E-state index contributed by atoms with van der Waals surface area (Å²) in [5, 5.41) is 3.36. The zero-order valence-electron chi connectivity index (χ0n) is 10.6. The predicted octanol–water partition coefficient (Wildman–Crippen LogP) is 4.13. The fourth-order valence-corrected chi connectivity index (χ4v) is 1.55. The van der Waals surface area contributed by atoms with Crippen molar-refractivity contribution in [3.8, 4) is 0 Å². The average molecular weight is 215 g/mol. The van der Waals surface area contributed by atoms with Crippen LogP contribution in [-0.4, -0.2) is 0 Å². The second kappa shape index (κ2) is 6.16. The summed E-state index contributed by atoms with van der Waals surface area (Å²) in [4.78, 5) is 0. The molecule has 2 rings (SSSR count). The van der Waals surface area contributed by atoms with Gasteiger partial charge in [0.15, 0.2) is 0 Å². The molecule has 0 saturated heterocycles. The van der Waals surface area contributed by atoms with Crippen LogP contribution in [0.15, 0.2) is 48.2 Å². The molecule has 0 bridgehead atoms. The number of rotatable bonds is 1. The smallest absolute Gasteiger partial charge is 0.0695 e. The van der Waals surface area contributed by atoms with Crippen LogP contribution in [0.1, 0.15) is 37.9 Å². The summed E-state index contributed by atoms with van der Waals surface area (Å²) in [5.41, 5.74) is 3.89. The highest BCUT2D eigenvalue weighted by atomic mass is 14.9. The number of nitrogens with one attached hydrogen (secondary N) is 1. The second-order valence-electron chi connectivity index (χ2n) is 3.80. The van der Waals surface area contributed by atoms with Crippen molar-refractivity contribution in [2.24, 2.45) is 0 Å². The van der Waals surface area contributed by atoms with E-state index in [1.165, 1.54) is 16.7 Å². The highest BCUT2D eigenvalue weighted by molar-refractivity contribution is 5.32. The van der Waals surface area contributed by atoms with Gasteiger partial charge < -0.3 is 5.32 Å². The fourth-order valence-electron chi connectivity index (χ4n) is 1.55. The maximum atomic E-state index is 3.36. The quantitative estimate of drug-likeness (QED) is 0.743. The number of benzene rings is 1. The van der Waals surface area contributed by atoms with Crippen molar-refractivity contribution in [2.45, 2.75) is 33.7 Å². The normalized spacial score (nSPS) is 18.0. The molecule has 1 aromatic carbocycles. The zero-order valence-corrected chi connectivity index (χ0v) is 10.6. The molecule has 1 atom stereocenters. The van der Waals surface area contributed by atoms with Gasteiger partial charge in [-0.15, -0.1) is 0 Å². The van der Waals surface area contributed by atoms with Crippen molar-refractivity contribution in [3.05, 3.63) is 59.3 Å². The van der Waals surface area contributed by atoms with E-state index in [0.29, 0.717) is 6.04 Å². The third-order valence-electron chi connectivity index (χ3n) is 2.48. The summed E-state index contributed by atoms with van der Waals surface area (Å²) in [6, 6.07) is 8.98. The molecule has 16 heavy (non-hydrogen) atoms. The second-order valence-corrected chi connectivity index (χ2v) is 3.80. The highest BCUT2D eigenvalue weighted by Crippen LogP contribution is 2.18. The topological polar surface area (TPSA) is 12.0 Å². The van der Waals surface area contributed by atoms with Gasteiger partial charge in [0.2, 0.25) is 0 Å². The van der Waals surface area contributed by atoms with Gasteiger partial charge in [-0.2, -0.15) is 0 Å². The first-order valence-electron chi connectivity index (χ1n) is 5.93. The number of hydrogen-bond acceptors (Lipinski definition) is 1. The van der Waals surface area contributed by atoms with Gasteiger partial charge in [0, 0.05) is 6.20 Å². The standard InChI is InChI=1S/C13H15N.C2H6/c1-10-3-6-12(7-4-10)13-8-5-11(2)9-14-13;1-2/h3-9,13-14H,1-2H3;1-2H3. The van der Waals surface area contributed by atoms with E-state index < -0.39 is 0 Å². The Morgan fingerprint density at radius 2 is 1.62 bits per heavy atom. The molecular weight excluding hydrogens is 194 g/mol. The lowest BCUT2D eigenvalue weighted by Gasteiger charge is -2.17. The van der Waals surface area contributed by atoms with E-state index >= 15 is 0 Å². The molecule has 1 heterocycles. The van der Waals surface area contributed by atoms with E-state index in [9.17, 15) is 0 Å². The summed E-state index contributed by atoms with van der Waals surface area (Å²) in [6.07, 6.45) is 6.41. The highest BCUT2D eigenvalue weighted by Gasteiger charge is 2.07. The summed E-state index contributed by atoms with van der Waals surface area (Å²) in [6.45, 7) is 8.20. The summed E-state index contributed by atoms with van der Waals surface area (Å²) in [7, 11) is 0. The molecule has 0 spiro atoms. The fraction of sp³-hybridized carbons (Fsp3) is 0.333. The largest absolute Gasteiger partial charge is 0.380 e. The van der Waals surface area contributed by atoms with Gasteiger partial charge in [-0.1, -0.05) is 55.8 Å². The number of allylic oxidation sites excluding steroid dienone is 2. The SMILES string of the molecule is CC.CC1=CNC(c2ccc(C)cc2)C=C1. The molecule has 0 saturated carbocycles. The Labute approximate surface area is 98.9 Å². The third kappa shape index (κ3) is 3.27. The van der Waals surface area contributed by atoms with E-state index in [-0.39, 0.29) is 0 Å².